The van der Waals surface area contributed by atoms with Crippen molar-refractivity contribution in [1.82, 2.24) is 5.32 Å². The summed E-state index contributed by atoms with van der Waals surface area (Å²) in [5.74, 6) is 0.468. The van der Waals surface area contributed by atoms with Gasteiger partial charge in [-0.25, -0.2) is 9.59 Å². The molecule has 6 heteroatoms. The van der Waals surface area contributed by atoms with Crippen molar-refractivity contribution in [3.8, 4) is 0 Å². The monoisotopic (exact) mass is 310 g/mol. The first-order valence-corrected chi connectivity index (χ1v) is 8.30. The summed E-state index contributed by atoms with van der Waals surface area (Å²) in [4.78, 5) is 22.7. The van der Waals surface area contributed by atoms with Crippen LogP contribution in [0.15, 0.2) is 11.4 Å². The molecule has 0 bridgehead atoms. The summed E-state index contributed by atoms with van der Waals surface area (Å²) in [6.07, 6.45) is 6.10. The van der Waals surface area contributed by atoms with Crippen molar-refractivity contribution in [2.24, 2.45) is 11.8 Å². The molecule has 1 saturated carbocycles. The lowest BCUT2D eigenvalue weighted by molar-refractivity contribution is 0.0698. The topological polar surface area (TPSA) is 78.4 Å². The smallest absolute Gasteiger partial charge is 0.338 e. The van der Waals surface area contributed by atoms with Gasteiger partial charge in [0.1, 0.15) is 5.00 Å². The predicted molar refractivity (Wildman–Crippen MR) is 84.0 cm³/mol. The van der Waals surface area contributed by atoms with Crippen molar-refractivity contribution in [2.75, 3.05) is 11.9 Å². The standard InChI is InChI=1S/C15H22N2O3S/c1-10-3-2-4-11(9-10)5-7-16-15(20)17-13-12(14(18)19)6-8-21-13/h6,8,10-11H,2-5,7,9H2,1H3,(H,18,19)(H2,16,17,20). The maximum atomic E-state index is 11.8. The molecule has 2 rings (SSSR count). The zero-order chi connectivity index (χ0) is 15.2. The first-order valence-electron chi connectivity index (χ1n) is 7.42. The third kappa shape index (κ3) is 4.74. The number of urea groups is 1. The molecule has 116 valence electrons. The lowest BCUT2D eigenvalue weighted by atomic mass is 9.81. The zero-order valence-electron chi connectivity index (χ0n) is 12.2. The van der Waals surface area contributed by atoms with Gasteiger partial charge in [-0.3, -0.25) is 5.32 Å². The second-order valence-corrected chi connectivity index (χ2v) is 6.69. The Balaban J connectivity index is 1.72. The highest BCUT2D eigenvalue weighted by Gasteiger charge is 2.19. The van der Waals surface area contributed by atoms with Crippen LogP contribution < -0.4 is 10.6 Å². The molecule has 21 heavy (non-hydrogen) atoms. The van der Waals surface area contributed by atoms with E-state index in [1.807, 2.05) is 0 Å². The number of carbonyl (C=O) groups excluding carboxylic acids is 1. The number of nitrogens with one attached hydrogen (secondary N) is 2. The number of thiophene rings is 1. The first kappa shape index (κ1) is 15.8. The molecule has 0 aliphatic heterocycles. The zero-order valence-corrected chi connectivity index (χ0v) is 13.0. The van der Waals surface area contributed by atoms with Gasteiger partial charge in [-0.2, -0.15) is 0 Å². The van der Waals surface area contributed by atoms with Crippen molar-refractivity contribution in [3.05, 3.63) is 17.0 Å². The Bertz CT molecular complexity index is 501. The molecule has 3 N–H and O–H groups in total. The number of hydrogen-bond donors (Lipinski definition) is 3. The molecule has 1 aromatic rings. The summed E-state index contributed by atoms with van der Waals surface area (Å²) >= 11 is 1.22. The molecule has 1 heterocycles. The van der Waals surface area contributed by atoms with Gasteiger partial charge in [0.25, 0.3) is 0 Å². The van der Waals surface area contributed by atoms with Crippen molar-refractivity contribution in [1.29, 1.82) is 0 Å². The summed E-state index contributed by atoms with van der Waals surface area (Å²) in [5, 5.41) is 16.4. The van der Waals surface area contributed by atoms with Gasteiger partial charge < -0.3 is 10.4 Å². The molecule has 0 radical (unpaired) electrons. The van der Waals surface area contributed by atoms with Gasteiger partial charge >= 0.3 is 12.0 Å². The fourth-order valence-corrected chi connectivity index (χ4v) is 3.71. The Hall–Kier alpha value is -1.56. The summed E-state index contributed by atoms with van der Waals surface area (Å²) in [5.41, 5.74) is 0.135. The fraction of sp³-hybridized carbons (Fsp3) is 0.600. The van der Waals surface area contributed by atoms with E-state index < -0.39 is 5.97 Å². The Kier molecular flexibility index (Phi) is 5.61. The van der Waals surface area contributed by atoms with Gasteiger partial charge in [-0.15, -0.1) is 11.3 Å². The van der Waals surface area contributed by atoms with Gasteiger partial charge in [0, 0.05) is 6.54 Å². The summed E-state index contributed by atoms with van der Waals surface area (Å²) in [7, 11) is 0. The van der Waals surface area contributed by atoms with E-state index >= 15 is 0 Å². The fourth-order valence-electron chi connectivity index (χ4n) is 2.93. The van der Waals surface area contributed by atoms with E-state index in [2.05, 4.69) is 17.6 Å². The van der Waals surface area contributed by atoms with E-state index in [4.69, 9.17) is 5.11 Å². The van der Waals surface area contributed by atoms with E-state index in [0.717, 1.165) is 12.3 Å². The third-order valence-corrected chi connectivity index (χ3v) is 4.84. The molecule has 2 unspecified atom stereocenters. The summed E-state index contributed by atoms with van der Waals surface area (Å²) in [6, 6.07) is 1.16. The molecule has 1 aromatic heterocycles. The van der Waals surface area contributed by atoms with Crippen LogP contribution in [0.1, 0.15) is 49.4 Å². The highest BCUT2D eigenvalue weighted by Crippen LogP contribution is 2.30. The number of amides is 2. The van der Waals surface area contributed by atoms with E-state index in [1.54, 1.807) is 5.38 Å². The van der Waals surface area contributed by atoms with Gasteiger partial charge in [-0.05, 0) is 36.1 Å². The van der Waals surface area contributed by atoms with Crippen LogP contribution in [0.2, 0.25) is 0 Å². The first-order chi connectivity index (χ1) is 10.1. The lowest BCUT2D eigenvalue weighted by Gasteiger charge is -2.26. The second kappa shape index (κ2) is 7.45. The summed E-state index contributed by atoms with van der Waals surface area (Å²) < 4.78 is 0. The van der Waals surface area contributed by atoms with Crippen LogP contribution in [0, 0.1) is 11.8 Å². The Morgan fingerprint density at radius 1 is 1.43 bits per heavy atom. The maximum absolute atomic E-state index is 11.8. The van der Waals surface area contributed by atoms with E-state index in [1.165, 1.54) is 43.1 Å². The molecule has 5 nitrogen and oxygen atoms in total. The van der Waals surface area contributed by atoms with Crippen molar-refractivity contribution >= 4 is 28.3 Å². The predicted octanol–water partition coefficient (Wildman–Crippen LogP) is 3.78. The summed E-state index contributed by atoms with van der Waals surface area (Å²) in [6.45, 7) is 2.92. The van der Waals surface area contributed by atoms with E-state index in [-0.39, 0.29) is 11.6 Å². The number of carboxylic acid groups (broad SMARTS) is 1. The normalized spacial score (nSPS) is 21.8. The van der Waals surface area contributed by atoms with Crippen molar-refractivity contribution in [2.45, 2.75) is 39.0 Å². The van der Waals surface area contributed by atoms with Gasteiger partial charge in [0.2, 0.25) is 0 Å². The minimum Gasteiger partial charge on any atom is -0.478 e. The number of aromatic carboxylic acids is 1. The third-order valence-electron chi connectivity index (χ3n) is 4.01. The van der Waals surface area contributed by atoms with Crippen LogP contribution in [0.25, 0.3) is 0 Å². The number of anilines is 1. The molecule has 0 aromatic carbocycles. The number of carbonyl (C=O) groups is 2. The molecule has 1 aliphatic rings. The van der Waals surface area contributed by atoms with Crippen LogP contribution >= 0.6 is 11.3 Å². The highest BCUT2D eigenvalue weighted by atomic mass is 32.1. The number of rotatable bonds is 5. The maximum Gasteiger partial charge on any atom is 0.338 e. The van der Waals surface area contributed by atoms with Crippen LogP contribution in [0.5, 0.6) is 0 Å². The molecular formula is C15H22N2O3S. The minimum absolute atomic E-state index is 0.135. The molecule has 2 amide bonds. The van der Waals surface area contributed by atoms with Gasteiger partial charge in [0.05, 0.1) is 5.56 Å². The molecule has 1 aliphatic carbocycles. The number of carboxylic acids is 1. The Morgan fingerprint density at radius 3 is 2.95 bits per heavy atom. The molecule has 1 fully saturated rings. The Labute approximate surface area is 128 Å². The van der Waals surface area contributed by atoms with Gasteiger partial charge in [-0.1, -0.05) is 26.2 Å². The van der Waals surface area contributed by atoms with Crippen LogP contribution in [0.3, 0.4) is 0 Å². The second-order valence-electron chi connectivity index (χ2n) is 5.78. The van der Waals surface area contributed by atoms with Crippen LogP contribution in [-0.2, 0) is 0 Å². The highest BCUT2D eigenvalue weighted by molar-refractivity contribution is 7.14. The van der Waals surface area contributed by atoms with E-state index in [0.29, 0.717) is 17.5 Å². The lowest BCUT2D eigenvalue weighted by Crippen LogP contribution is -2.31. The van der Waals surface area contributed by atoms with Crippen molar-refractivity contribution < 1.29 is 14.7 Å². The Morgan fingerprint density at radius 2 is 2.24 bits per heavy atom. The molecule has 0 spiro atoms. The van der Waals surface area contributed by atoms with E-state index in [9.17, 15) is 9.59 Å². The molecule has 2 atom stereocenters. The quantitative estimate of drug-likeness (QED) is 0.774. The SMILES string of the molecule is CC1CCCC(CCNC(=O)Nc2sccc2C(=O)O)C1. The average Bonchev–Trinajstić information content (AvgIpc) is 2.87. The molecule has 0 saturated heterocycles. The minimum atomic E-state index is -1.03. The van der Waals surface area contributed by atoms with Crippen LogP contribution in [0.4, 0.5) is 9.80 Å². The van der Waals surface area contributed by atoms with Crippen LogP contribution in [-0.4, -0.2) is 23.7 Å². The largest absolute Gasteiger partial charge is 0.478 e. The molecular weight excluding hydrogens is 288 g/mol. The number of hydrogen-bond acceptors (Lipinski definition) is 3. The van der Waals surface area contributed by atoms with Crippen molar-refractivity contribution in [3.63, 3.8) is 0 Å². The van der Waals surface area contributed by atoms with Gasteiger partial charge in [0.15, 0.2) is 0 Å². The average molecular weight is 310 g/mol.